The van der Waals surface area contributed by atoms with Crippen LogP contribution < -0.4 is 15.1 Å². The molecule has 0 saturated carbocycles. The number of ether oxygens (including phenoxy) is 2. The molecule has 1 aromatic heterocycles. The molecule has 1 N–H and O–H groups in total. The van der Waals surface area contributed by atoms with Crippen molar-refractivity contribution >= 4 is 22.8 Å². The molecule has 0 atom stereocenters. The molecule has 1 aliphatic heterocycles. The first kappa shape index (κ1) is 19.7. The van der Waals surface area contributed by atoms with Crippen molar-refractivity contribution in [2.45, 2.75) is 26.2 Å². The Balaban J connectivity index is 1.90. The van der Waals surface area contributed by atoms with Crippen LogP contribution in [0, 0.1) is 12.8 Å². The van der Waals surface area contributed by atoms with Crippen LogP contribution in [0.1, 0.15) is 24.0 Å². The lowest BCUT2D eigenvalue weighted by Crippen LogP contribution is -2.41. The third kappa shape index (κ3) is 3.67. The first-order chi connectivity index (χ1) is 13.3. The number of carboxylic acid groups (broad SMARTS) is 1. The van der Waals surface area contributed by atoms with Gasteiger partial charge in [-0.05, 0) is 25.3 Å². The molecule has 1 aliphatic rings. The molecule has 1 fully saturated rings. The van der Waals surface area contributed by atoms with Gasteiger partial charge in [0.25, 0.3) is 0 Å². The second-order valence-electron chi connectivity index (χ2n) is 6.87. The molecule has 0 aliphatic carbocycles. The highest BCUT2D eigenvalue weighted by atomic mass is 16.5. The predicted octanol–water partition coefficient (Wildman–Crippen LogP) is 1.98. The number of rotatable bonds is 5. The second-order valence-corrected chi connectivity index (χ2v) is 6.87. The summed E-state index contributed by atoms with van der Waals surface area (Å²) in [7, 11) is 3.02. The van der Waals surface area contributed by atoms with Crippen LogP contribution in [-0.2, 0) is 16.0 Å². The number of piperidine rings is 1. The van der Waals surface area contributed by atoms with Gasteiger partial charge in [-0.3, -0.25) is 9.59 Å². The number of likely N-dealkylation sites (tertiary alicyclic amines) is 1. The van der Waals surface area contributed by atoms with Gasteiger partial charge in [0.1, 0.15) is 17.1 Å². The van der Waals surface area contributed by atoms with E-state index in [9.17, 15) is 14.4 Å². The van der Waals surface area contributed by atoms with Crippen molar-refractivity contribution in [2.75, 3.05) is 27.3 Å². The Morgan fingerprint density at radius 2 is 1.89 bits per heavy atom. The maximum atomic E-state index is 12.7. The number of carbonyl (C=O) groups excluding carboxylic acids is 1. The number of aryl methyl sites for hydroxylation is 1. The molecule has 8 heteroatoms. The summed E-state index contributed by atoms with van der Waals surface area (Å²) >= 11 is 0. The number of hydrogen-bond donors (Lipinski definition) is 1. The van der Waals surface area contributed by atoms with Gasteiger partial charge < -0.3 is 23.9 Å². The third-order valence-corrected chi connectivity index (χ3v) is 5.30. The Bertz CT molecular complexity index is 971. The van der Waals surface area contributed by atoms with Gasteiger partial charge in [0, 0.05) is 25.2 Å². The maximum absolute atomic E-state index is 12.7. The molecule has 1 aromatic carbocycles. The minimum atomic E-state index is -0.833. The van der Waals surface area contributed by atoms with Gasteiger partial charge in [0.05, 0.1) is 37.5 Å². The second kappa shape index (κ2) is 7.92. The summed E-state index contributed by atoms with van der Waals surface area (Å²) in [6, 6.07) is 3.30. The normalized spacial score (nSPS) is 14.9. The molecule has 2 heterocycles. The monoisotopic (exact) mass is 389 g/mol. The highest BCUT2D eigenvalue weighted by Gasteiger charge is 2.28. The number of hydrogen-bond acceptors (Lipinski definition) is 6. The largest absolute Gasteiger partial charge is 0.496 e. The number of amides is 1. The van der Waals surface area contributed by atoms with Crippen LogP contribution in [-0.4, -0.2) is 49.2 Å². The molecule has 150 valence electrons. The fourth-order valence-corrected chi connectivity index (χ4v) is 3.60. The van der Waals surface area contributed by atoms with Gasteiger partial charge in [0.2, 0.25) is 5.91 Å². The van der Waals surface area contributed by atoms with Gasteiger partial charge >= 0.3 is 11.6 Å². The van der Waals surface area contributed by atoms with E-state index in [2.05, 4.69) is 0 Å². The van der Waals surface area contributed by atoms with Crippen LogP contribution in [0.4, 0.5) is 0 Å². The SMILES string of the molecule is COc1cc(OC)c2c(C)c(CC(=O)N3CCC(C(=O)O)CC3)c(=O)oc2c1. The zero-order chi connectivity index (χ0) is 20.4. The molecule has 0 bridgehead atoms. The van der Waals surface area contributed by atoms with Crippen LogP contribution in [0.15, 0.2) is 21.3 Å². The van der Waals surface area contributed by atoms with Gasteiger partial charge in [-0.15, -0.1) is 0 Å². The molecule has 1 amide bonds. The maximum Gasteiger partial charge on any atom is 0.340 e. The first-order valence-electron chi connectivity index (χ1n) is 9.04. The zero-order valence-electron chi connectivity index (χ0n) is 16.1. The number of benzene rings is 1. The first-order valence-corrected chi connectivity index (χ1v) is 9.04. The van der Waals surface area contributed by atoms with E-state index in [-0.39, 0.29) is 17.9 Å². The summed E-state index contributed by atoms with van der Waals surface area (Å²) in [5, 5.41) is 9.70. The average molecular weight is 389 g/mol. The summed E-state index contributed by atoms with van der Waals surface area (Å²) in [5.74, 6) is -0.480. The summed E-state index contributed by atoms with van der Waals surface area (Å²) in [5.41, 5.74) is 0.659. The third-order valence-electron chi connectivity index (χ3n) is 5.30. The lowest BCUT2D eigenvalue weighted by atomic mass is 9.96. The van der Waals surface area contributed by atoms with Crippen molar-refractivity contribution in [2.24, 2.45) is 5.92 Å². The quantitative estimate of drug-likeness (QED) is 0.780. The number of fused-ring (bicyclic) bond motifs is 1. The van der Waals surface area contributed by atoms with Crippen molar-refractivity contribution in [1.29, 1.82) is 0 Å². The van der Waals surface area contributed by atoms with Crippen LogP contribution in [0.5, 0.6) is 11.5 Å². The van der Waals surface area contributed by atoms with E-state index in [1.165, 1.54) is 14.2 Å². The minimum absolute atomic E-state index is 0.100. The highest BCUT2D eigenvalue weighted by molar-refractivity contribution is 5.90. The van der Waals surface area contributed by atoms with E-state index in [1.54, 1.807) is 24.0 Å². The van der Waals surface area contributed by atoms with Crippen LogP contribution in [0.3, 0.4) is 0 Å². The molecule has 2 aromatic rings. The molecule has 0 spiro atoms. The number of aliphatic carboxylic acids is 1. The predicted molar refractivity (Wildman–Crippen MR) is 101 cm³/mol. The van der Waals surface area contributed by atoms with Crippen LogP contribution in [0.25, 0.3) is 11.0 Å². The van der Waals surface area contributed by atoms with Gasteiger partial charge in [0.15, 0.2) is 0 Å². The summed E-state index contributed by atoms with van der Waals surface area (Å²) in [6.07, 6.45) is 0.733. The number of nitrogens with zero attached hydrogens (tertiary/aromatic N) is 1. The fourth-order valence-electron chi connectivity index (χ4n) is 3.60. The molecule has 8 nitrogen and oxygen atoms in total. The topological polar surface area (TPSA) is 106 Å². The number of methoxy groups -OCH3 is 2. The summed E-state index contributed by atoms with van der Waals surface area (Å²) in [6.45, 7) is 2.50. The van der Waals surface area contributed by atoms with E-state index < -0.39 is 17.5 Å². The number of carboxylic acids is 1. The van der Waals surface area contributed by atoms with Crippen molar-refractivity contribution < 1.29 is 28.6 Å². The van der Waals surface area contributed by atoms with Crippen LogP contribution >= 0.6 is 0 Å². The smallest absolute Gasteiger partial charge is 0.340 e. The Labute approximate surface area is 161 Å². The average Bonchev–Trinajstić information content (AvgIpc) is 2.69. The van der Waals surface area contributed by atoms with Crippen LogP contribution in [0.2, 0.25) is 0 Å². The lowest BCUT2D eigenvalue weighted by Gasteiger charge is -2.30. The lowest BCUT2D eigenvalue weighted by molar-refractivity contribution is -0.145. The zero-order valence-corrected chi connectivity index (χ0v) is 16.1. The summed E-state index contributed by atoms with van der Waals surface area (Å²) < 4.78 is 16.0. The standard InChI is InChI=1S/C20H23NO7/c1-11-14(10-17(22)21-6-4-12(5-7-21)19(23)24)20(25)28-16-9-13(26-2)8-15(27-3)18(11)16/h8-9,12H,4-7,10H2,1-3H3,(H,23,24). The van der Waals surface area contributed by atoms with Crippen molar-refractivity contribution in [3.05, 3.63) is 33.7 Å². The van der Waals surface area contributed by atoms with Crippen molar-refractivity contribution in [3.63, 3.8) is 0 Å². The molecule has 1 saturated heterocycles. The van der Waals surface area contributed by atoms with Crippen molar-refractivity contribution in [3.8, 4) is 11.5 Å². The van der Waals surface area contributed by atoms with Gasteiger partial charge in [-0.2, -0.15) is 0 Å². The van der Waals surface area contributed by atoms with E-state index in [0.717, 1.165) is 0 Å². The molecular weight excluding hydrogens is 366 g/mol. The Morgan fingerprint density at radius 1 is 1.21 bits per heavy atom. The van der Waals surface area contributed by atoms with E-state index in [1.807, 2.05) is 0 Å². The molecule has 28 heavy (non-hydrogen) atoms. The van der Waals surface area contributed by atoms with E-state index in [0.29, 0.717) is 54.0 Å². The van der Waals surface area contributed by atoms with Gasteiger partial charge in [-0.1, -0.05) is 0 Å². The Morgan fingerprint density at radius 3 is 2.46 bits per heavy atom. The molecule has 0 unspecified atom stereocenters. The molecular formula is C20H23NO7. The fraction of sp³-hybridized carbons (Fsp3) is 0.450. The molecule has 3 rings (SSSR count). The Kier molecular flexibility index (Phi) is 5.58. The summed E-state index contributed by atoms with van der Waals surface area (Å²) in [4.78, 5) is 37.9. The minimum Gasteiger partial charge on any atom is -0.496 e. The van der Waals surface area contributed by atoms with E-state index >= 15 is 0 Å². The van der Waals surface area contributed by atoms with Crippen molar-refractivity contribution in [1.82, 2.24) is 4.90 Å². The Hall–Kier alpha value is -3.03. The highest BCUT2D eigenvalue weighted by Crippen LogP contribution is 2.34. The van der Waals surface area contributed by atoms with Gasteiger partial charge in [-0.25, -0.2) is 4.79 Å². The molecule has 0 radical (unpaired) electrons. The number of carbonyl (C=O) groups is 2. The van der Waals surface area contributed by atoms with E-state index in [4.69, 9.17) is 19.0 Å².